The molecule has 4 aromatic heterocycles. The van der Waals surface area contributed by atoms with Gasteiger partial charge in [-0.25, -0.2) is 4.98 Å². The molecule has 0 amide bonds. The summed E-state index contributed by atoms with van der Waals surface area (Å²) in [6, 6.07) is 11.5. The van der Waals surface area contributed by atoms with Gasteiger partial charge in [-0.15, -0.1) is 22.7 Å². The minimum absolute atomic E-state index is 0.122. The van der Waals surface area contributed by atoms with Crippen molar-refractivity contribution in [3.63, 3.8) is 0 Å². The van der Waals surface area contributed by atoms with Crippen LogP contribution in [0.3, 0.4) is 0 Å². The lowest BCUT2D eigenvalue weighted by molar-refractivity contribution is 0.369. The molecule has 1 aromatic carbocycles. The van der Waals surface area contributed by atoms with Gasteiger partial charge in [0.1, 0.15) is 17.1 Å². The van der Waals surface area contributed by atoms with Crippen LogP contribution in [0.2, 0.25) is 0 Å². The molecule has 0 spiro atoms. The summed E-state index contributed by atoms with van der Waals surface area (Å²) < 4.78 is 12.1. The first-order valence-electron chi connectivity index (χ1n) is 9.13. The van der Waals surface area contributed by atoms with E-state index in [1.54, 1.807) is 18.4 Å². The van der Waals surface area contributed by atoms with Gasteiger partial charge in [0.2, 0.25) is 11.7 Å². The quantitative estimate of drug-likeness (QED) is 0.400. The first-order chi connectivity index (χ1) is 14.6. The van der Waals surface area contributed by atoms with Crippen LogP contribution in [0.25, 0.3) is 32.0 Å². The topological polar surface area (TPSA) is 83.0 Å². The summed E-state index contributed by atoms with van der Waals surface area (Å²) in [5.74, 6) is 1.48. The summed E-state index contributed by atoms with van der Waals surface area (Å²) in [6.45, 7) is 2.20. The molecular weight excluding hydrogens is 420 g/mol. The van der Waals surface area contributed by atoms with Crippen molar-refractivity contribution >= 4 is 32.9 Å². The number of benzene rings is 1. The van der Waals surface area contributed by atoms with Gasteiger partial charge >= 0.3 is 0 Å². The van der Waals surface area contributed by atoms with Gasteiger partial charge in [-0.2, -0.15) is 4.98 Å². The smallest absolute Gasteiger partial charge is 0.263 e. The highest BCUT2D eigenvalue weighted by atomic mass is 32.1. The average molecular weight is 437 g/mol. The molecule has 0 atom stereocenters. The molecule has 4 heterocycles. The average Bonchev–Trinajstić information content (AvgIpc) is 3.50. The predicted molar refractivity (Wildman–Crippen MR) is 117 cm³/mol. The van der Waals surface area contributed by atoms with Crippen molar-refractivity contribution in [2.45, 2.75) is 13.5 Å². The normalized spacial score (nSPS) is 11.3. The number of rotatable bonds is 5. The van der Waals surface area contributed by atoms with E-state index in [1.165, 1.54) is 27.1 Å². The first-order valence-corrected chi connectivity index (χ1v) is 10.8. The Hall–Kier alpha value is -3.30. The van der Waals surface area contributed by atoms with Gasteiger partial charge in [-0.05, 0) is 31.2 Å². The van der Waals surface area contributed by atoms with E-state index in [4.69, 9.17) is 9.26 Å². The molecule has 7 nitrogen and oxygen atoms in total. The minimum atomic E-state index is -0.122. The van der Waals surface area contributed by atoms with Crippen LogP contribution in [0, 0.1) is 6.92 Å². The fourth-order valence-corrected chi connectivity index (χ4v) is 5.05. The zero-order chi connectivity index (χ0) is 20.7. The van der Waals surface area contributed by atoms with Crippen molar-refractivity contribution in [3.8, 4) is 27.6 Å². The molecule has 0 fully saturated rings. The van der Waals surface area contributed by atoms with Crippen LogP contribution in [0.1, 0.15) is 10.8 Å². The maximum atomic E-state index is 13.2. The number of thiophene rings is 2. The molecule has 9 heteroatoms. The van der Waals surface area contributed by atoms with Crippen LogP contribution in [-0.4, -0.2) is 26.8 Å². The van der Waals surface area contributed by atoms with E-state index in [0.29, 0.717) is 22.9 Å². The summed E-state index contributed by atoms with van der Waals surface area (Å²) in [4.78, 5) is 25.1. The minimum Gasteiger partial charge on any atom is -0.497 e. The van der Waals surface area contributed by atoms with Crippen LogP contribution in [0.4, 0.5) is 0 Å². The van der Waals surface area contributed by atoms with Gasteiger partial charge in [0.05, 0.1) is 18.8 Å². The number of aromatic nitrogens is 4. The van der Waals surface area contributed by atoms with Gasteiger partial charge in [-0.1, -0.05) is 17.3 Å². The molecule has 0 radical (unpaired) electrons. The van der Waals surface area contributed by atoms with E-state index in [2.05, 4.69) is 28.1 Å². The Bertz CT molecular complexity index is 1410. The van der Waals surface area contributed by atoms with Crippen LogP contribution in [-0.2, 0) is 6.54 Å². The van der Waals surface area contributed by atoms with Crippen LogP contribution < -0.4 is 10.3 Å². The fraction of sp³-hybridized carbons (Fsp3) is 0.143. The Kier molecular flexibility index (Phi) is 4.68. The van der Waals surface area contributed by atoms with Crippen molar-refractivity contribution in [2.24, 2.45) is 0 Å². The number of aryl methyl sites for hydroxylation is 1. The molecule has 0 saturated carbocycles. The Morgan fingerprint density at radius 3 is 2.93 bits per heavy atom. The Morgan fingerprint density at radius 2 is 2.13 bits per heavy atom. The zero-order valence-corrected chi connectivity index (χ0v) is 17.8. The second-order valence-corrected chi connectivity index (χ2v) is 8.81. The maximum absolute atomic E-state index is 13.2. The molecular formula is C21H16N4O3S2. The highest BCUT2D eigenvalue weighted by Gasteiger charge is 2.16. The number of fused-ring (bicyclic) bond motifs is 1. The standard InChI is InChI=1S/C21H16N4O3S2/c1-12-6-7-16(30-12)15-10-29-20-18(15)21(26)25(11-22-20)9-17-23-19(24-28-17)13-4-3-5-14(8-13)27-2/h3-8,10-11H,9H2,1-2H3. The van der Waals surface area contributed by atoms with E-state index < -0.39 is 0 Å². The number of hydrogen-bond donors (Lipinski definition) is 0. The molecule has 150 valence electrons. The third kappa shape index (κ3) is 3.31. The van der Waals surface area contributed by atoms with E-state index >= 15 is 0 Å². The molecule has 0 unspecified atom stereocenters. The van der Waals surface area contributed by atoms with Crippen molar-refractivity contribution in [1.29, 1.82) is 0 Å². The van der Waals surface area contributed by atoms with Crippen molar-refractivity contribution < 1.29 is 9.26 Å². The van der Waals surface area contributed by atoms with Crippen molar-refractivity contribution in [1.82, 2.24) is 19.7 Å². The summed E-state index contributed by atoms with van der Waals surface area (Å²) in [5.41, 5.74) is 1.57. The Morgan fingerprint density at radius 1 is 1.23 bits per heavy atom. The van der Waals surface area contributed by atoms with E-state index in [-0.39, 0.29) is 12.1 Å². The molecule has 0 N–H and O–H groups in total. The van der Waals surface area contributed by atoms with Gasteiger partial charge in [0, 0.05) is 26.3 Å². The fourth-order valence-electron chi connectivity index (χ4n) is 3.19. The SMILES string of the molecule is COc1cccc(-c2noc(Cn3cnc4scc(-c5ccc(C)s5)c4c3=O)n2)c1. The predicted octanol–water partition coefficient (Wildman–Crippen LogP) is 4.60. The molecule has 0 aliphatic heterocycles. The molecule has 0 aliphatic carbocycles. The monoisotopic (exact) mass is 436 g/mol. The Balaban J connectivity index is 1.50. The van der Waals surface area contributed by atoms with E-state index in [9.17, 15) is 4.79 Å². The summed E-state index contributed by atoms with van der Waals surface area (Å²) in [6.07, 6.45) is 1.53. The van der Waals surface area contributed by atoms with Crippen LogP contribution in [0.15, 0.2) is 57.4 Å². The Labute approximate surface area is 179 Å². The maximum Gasteiger partial charge on any atom is 0.263 e. The summed E-state index contributed by atoms with van der Waals surface area (Å²) in [7, 11) is 1.60. The highest BCUT2D eigenvalue weighted by molar-refractivity contribution is 7.19. The van der Waals surface area contributed by atoms with Crippen LogP contribution >= 0.6 is 22.7 Å². The van der Waals surface area contributed by atoms with Crippen molar-refractivity contribution in [3.05, 3.63) is 69.2 Å². The highest BCUT2D eigenvalue weighted by Crippen LogP contribution is 2.35. The lowest BCUT2D eigenvalue weighted by Crippen LogP contribution is -2.21. The van der Waals surface area contributed by atoms with E-state index in [1.807, 2.05) is 35.7 Å². The molecule has 0 bridgehead atoms. The lowest BCUT2D eigenvalue weighted by Gasteiger charge is -2.02. The number of methoxy groups -OCH3 is 1. The first kappa shape index (κ1) is 18.7. The molecule has 30 heavy (non-hydrogen) atoms. The molecule has 5 aromatic rings. The van der Waals surface area contributed by atoms with Crippen LogP contribution in [0.5, 0.6) is 5.75 Å². The zero-order valence-electron chi connectivity index (χ0n) is 16.2. The van der Waals surface area contributed by atoms with E-state index in [0.717, 1.165) is 20.8 Å². The number of nitrogens with zero attached hydrogens (tertiary/aromatic N) is 4. The third-order valence-corrected chi connectivity index (χ3v) is 6.59. The second-order valence-electron chi connectivity index (χ2n) is 6.66. The summed E-state index contributed by atoms with van der Waals surface area (Å²) >= 11 is 3.13. The van der Waals surface area contributed by atoms with Crippen molar-refractivity contribution in [2.75, 3.05) is 7.11 Å². The third-order valence-electron chi connectivity index (χ3n) is 4.67. The lowest BCUT2D eigenvalue weighted by atomic mass is 10.2. The number of hydrogen-bond acceptors (Lipinski definition) is 8. The van der Waals surface area contributed by atoms with Gasteiger partial charge in [-0.3, -0.25) is 9.36 Å². The largest absolute Gasteiger partial charge is 0.497 e. The molecule has 0 saturated heterocycles. The second kappa shape index (κ2) is 7.51. The number of ether oxygens (including phenoxy) is 1. The van der Waals surface area contributed by atoms with Gasteiger partial charge in [0.15, 0.2) is 0 Å². The molecule has 0 aliphatic rings. The van der Waals surface area contributed by atoms with Gasteiger partial charge in [0.25, 0.3) is 5.56 Å². The summed E-state index contributed by atoms with van der Waals surface area (Å²) in [5, 5.41) is 6.64. The molecule has 5 rings (SSSR count). The van der Waals surface area contributed by atoms with Gasteiger partial charge < -0.3 is 9.26 Å².